The van der Waals surface area contributed by atoms with Crippen LogP contribution in [0.15, 0.2) is 53.4 Å². The summed E-state index contributed by atoms with van der Waals surface area (Å²) in [5.74, 6) is 0.777. The lowest BCUT2D eigenvalue weighted by molar-refractivity contribution is -0.385. The molecule has 0 saturated carbocycles. The van der Waals surface area contributed by atoms with Gasteiger partial charge in [-0.1, -0.05) is 30.3 Å². The molecule has 0 aromatic heterocycles. The van der Waals surface area contributed by atoms with Crippen LogP contribution in [0.3, 0.4) is 0 Å². The van der Waals surface area contributed by atoms with Gasteiger partial charge in [0.05, 0.1) is 22.3 Å². The Hall–Kier alpha value is -2.62. The van der Waals surface area contributed by atoms with Crippen molar-refractivity contribution in [1.29, 1.82) is 0 Å². The van der Waals surface area contributed by atoms with Crippen molar-refractivity contribution in [3.05, 3.63) is 75.3 Å². The second-order valence-corrected chi connectivity index (χ2v) is 10.6. The molecule has 9 heteroatoms. The average molecular weight is 457 g/mol. The van der Waals surface area contributed by atoms with Gasteiger partial charge in [0.1, 0.15) is 0 Å². The zero-order valence-electron chi connectivity index (χ0n) is 16.8. The van der Waals surface area contributed by atoms with Crippen LogP contribution in [0.4, 0.5) is 5.69 Å². The Morgan fingerprint density at radius 3 is 2.77 bits per heavy atom. The van der Waals surface area contributed by atoms with E-state index in [1.54, 1.807) is 12.1 Å². The number of nitro groups is 1. The van der Waals surface area contributed by atoms with Gasteiger partial charge in [0.2, 0.25) is 10.0 Å². The summed E-state index contributed by atoms with van der Waals surface area (Å²) in [7, 11) is -2.40. The molecule has 1 aliphatic carbocycles. The third-order valence-corrected chi connectivity index (χ3v) is 9.30. The Balaban J connectivity index is 1.59. The lowest BCUT2D eigenvalue weighted by Gasteiger charge is -2.25. The predicted molar refractivity (Wildman–Crippen MR) is 120 cm³/mol. The molecule has 0 amide bonds. The van der Waals surface area contributed by atoms with Crippen molar-refractivity contribution < 1.29 is 18.1 Å². The van der Waals surface area contributed by atoms with Crippen LogP contribution in [-0.4, -0.2) is 37.1 Å². The van der Waals surface area contributed by atoms with Gasteiger partial charge in [-0.2, -0.15) is 4.31 Å². The molecule has 2 aliphatic rings. The van der Waals surface area contributed by atoms with E-state index >= 15 is 0 Å². The molecule has 160 valence electrons. The fraction of sp³-hybridized carbons (Fsp3) is 0.273. The highest BCUT2D eigenvalue weighted by molar-refractivity contribution is 8.01. The minimum Gasteiger partial charge on any atom is -0.490 e. The summed E-state index contributed by atoms with van der Waals surface area (Å²) in [5, 5.41) is 13.0. The van der Waals surface area contributed by atoms with Gasteiger partial charge < -0.3 is 4.74 Å². The van der Waals surface area contributed by atoms with E-state index in [4.69, 9.17) is 4.74 Å². The van der Waals surface area contributed by atoms with Gasteiger partial charge >= 0.3 is 5.69 Å². The minimum atomic E-state index is -3.77. The van der Waals surface area contributed by atoms with E-state index in [1.165, 1.54) is 40.9 Å². The number of thioether (sulfide) groups is 1. The van der Waals surface area contributed by atoms with Crippen LogP contribution < -0.4 is 4.74 Å². The largest absolute Gasteiger partial charge is 0.490 e. The summed E-state index contributed by atoms with van der Waals surface area (Å²) in [5.41, 5.74) is 2.47. The molecule has 7 nitrogen and oxygen atoms in total. The van der Waals surface area contributed by atoms with Crippen LogP contribution in [0, 0.1) is 10.1 Å². The zero-order valence-corrected chi connectivity index (χ0v) is 18.4. The third-order valence-electron chi connectivity index (χ3n) is 5.96. The first-order valence-corrected chi connectivity index (χ1v) is 12.4. The SMILES string of the molecule is COc1ccc([C@H]2SCCN2S(=O)(=O)c2ccc3cccc4c3c2CC4)cc1[N+](=O)[O-]. The van der Waals surface area contributed by atoms with E-state index in [0.717, 1.165) is 22.8 Å². The molecule has 0 N–H and O–H groups in total. The lowest BCUT2D eigenvalue weighted by Crippen LogP contribution is -2.31. The molecule has 0 radical (unpaired) electrons. The molecule has 0 spiro atoms. The smallest absolute Gasteiger partial charge is 0.311 e. The fourth-order valence-electron chi connectivity index (χ4n) is 4.57. The Bertz CT molecular complexity index is 1320. The predicted octanol–water partition coefficient (Wildman–Crippen LogP) is 4.29. The summed E-state index contributed by atoms with van der Waals surface area (Å²) < 4.78 is 34.1. The fourth-order valence-corrected chi connectivity index (χ4v) is 8.05. The minimum absolute atomic E-state index is 0.154. The van der Waals surface area contributed by atoms with Crippen molar-refractivity contribution in [3.8, 4) is 5.75 Å². The number of sulfonamides is 1. The molecular weight excluding hydrogens is 436 g/mol. The van der Waals surface area contributed by atoms with Crippen LogP contribution in [0.25, 0.3) is 10.8 Å². The van der Waals surface area contributed by atoms with E-state index < -0.39 is 20.3 Å². The highest BCUT2D eigenvalue weighted by Gasteiger charge is 2.39. The van der Waals surface area contributed by atoms with E-state index in [2.05, 4.69) is 6.07 Å². The molecule has 1 saturated heterocycles. The first kappa shape index (κ1) is 20.3. The van der Waals surface area contributed by atoms with Gasteiger partial charge in [-0.25, -0.2) is 8.42 Å². The monoisotopic (exact) mass is 456 g/mol. The van der Waals surface area contributed by atoms with Crippen LogP contribution in [0.2, 0.25) is 0 Å². The van der Waals surface area contributed by atoms with Crippen molar-refractivity contribution in [2.45, 2.75) is 23.1 Å². The molecule has 1 atom stereocenters. The van der Waals surface area contributed by atoms with Gasteiger partial charge in [0, 0.05) is 18.4 Å². The van der Waals surface area contributed by atoms with Crippen molar-refractivity contribution in [3.63, 3.8) is 0 Å². The van der Waals surface area contributed by atoms with Crippen LogP contribution in [-0.2, 0) is 22.9 Å². The number of nitro benzene ring substituents is 1. The summed E-state index contributed by atoms with van der Waals surface area (Å²) in [4.78, 5) is 11.3. The molecule has 3 aromatic carbocycles. The first-order chi connectivity index (χ1) is 14.9. The zero-order chi connectivity index (χ0) is 21.8. The molecule has 31 heavy (non-hydrogen) atoms. The van der Waals surface area contributed by atoms with Crippen molar-refractivity contribution in [1.82, 2.24) is 4.31 Å². The number of methoxy groups -OCH3 is 1. The van der Waals surface area contributed by atoms with E-state index in [0.29, 0.717) is 29.2 Å². The summed E-state index contributed by atoms with van der Waals surface area (Å²) >= 11 is 1.47. The Morgan fingerprint density at radius 1 is 1.16 bits per heavy atom. The van der Waals surface area contributed by atoms with Gasteiger partial charge in [0.25, 0.3) is 0 Å². The summed E-state index contributed by atoms with van der Waals surface area (Å²) in [6, 6.07) is 14.3. The Labute approximate surface area is 184 Å². The molecule has 5 rings (SSSR count). The lowest BCUT2D eigenvalue weighted by atomic mass is 10.1. The molecule has 0 unspecified atom stereocenters. The van der Waals surface area contributed by atoms with Crippen molar-refractivity contribution in [2.75, 3.05) is 19.4 Å². The summed E-state index contributed by atoms with van der Waals surface area (Å²) in [6.45, 7) is 0.358. The first-order valence-electron chi connectivity index (χ1n) is 9.91. The topological polar surface area (TPSA) is 89.8 Å². The molecule has 3 aromatic rings. The number of rotatable bonds is 5. The van der Waals surface area contributed by atoms with Gasteiger partial charge in [-0.3, -0.25) is 10.1 Å². The molecular formula is C22H20N2O5S2. The summed E-state index contributed by atoms with van der Waals surface area (Å²) in [6.07, 6.45) is 1.53. The number of aryl methyl sites for hydroxylation is 2. The maximum absolute atomic E-state index is 13.8. The Kier molecular flexibility index (Phi) is 4.91. The number of benzene rings is 3. The van der Waals surface area contributed by atoms with Gasteiger partial charge in [0.15, 0.2) is 5.75 Å². The molecule has 1 heterocycles. The number of nitrogens with zero attached hydrogens (tertiary/aromatic N) is 2. The number of hydrogen-bond acceptors (Lipinski definition) is 6. The maximum Gasteiger partial charge on any atom is 0.311 e. The van der Waals surface area contributed by atoms with Crippen LogP contribution >= 0.6 is 11.8 Å². The quantitative estimate of drug-likeness (QED) is 0.420. The van der Waals surface area contributed by atoms with Crippen molar-refractivity contribution in [2.24, 2.45) is 0 Å². The maximum atomic E-state index is 13.8. The standard InChI is InChI=1S/C22H20N2O5S2/c1-29-19-9-6-16(13-18(19)24(25)26)22-23(11-12-30-22)31(27,28)20-10-7-15-4-2-3-14-5-8-17(20)21(14)15/h2-4,6-7,9-10,13,22H,5,8,11-12H2,1H3/t22-/m1/s1. The highest BCUT2D eigenvalue weighted by atomic mass is 32.2. The van der Waals surface area contributed by atoms with Crippen LogP contribution in [0.5, 0.6) is 5.75 Å². The third kappa shape index (κ3) is 3.19. The highest BCUT2D eigenvalue weighted by Crippen LogP contribution is 2.45. The van der Waals surface area contributed by atoms with E-state index in [1.807, 2.05) is 18.2 Å². The average Bonchev–Trinajstić information content (AvgIpc) is 3.43. The van der Waals surface area contributed by atoms with E-state index in [-0.39, 0.29) is 11.4 Å². The van der Waals surface area contributed by atoms with Crippen LogP contribution in [0.1, 0.15) is 22.1 Å². The second kappa shape index (κ2) is 7.51. The van der Waals surface area contributed by atoms with Crippen molar-refractivity contribution >= 4 is 38.2 Å². The van der Waals surface area contributed by atoms with Gasteiger partial charge in [-0.15, -0.1) is 11.8 Å². The van der Waals surface area contributed by atoms with Gasteiger partial charge in [-0.05, 0) is 52.4 Å². The van der Waals surface area contributed by atoms with E-state index in [9.17, 15) is 18.5 Å². The molecule has 0 bridgehead atoms. The molecule has 1 aliphatic heterocycles. The molecule has 1 fully saturated rings. The second-order valence-electron chi connectivity index (χ2n) is 7.58. The number of ether oxygens (including phenoxy) is 1. The Morgan fingerprint density at radius 2 is 2.00 bits per heavy atom. The normalized spacial score (nSPS) is 18.5. The number of hydrogen-bond donors (Lipinski definition) is 0.